The van der Waals surface area contributed by atoms with Gasteiger partial charge in [-0.3, -0.25) is 9.59 Å². The van der Waals surface area contributed by atoms with Crippen molar-refractivity contribution in [3.63, 3.8) is 0 Å². The average molecular weight is 329 g/mol. The van der Waals surface area contributed by atoms with Crippen LogP contribution in [0, 0.1) is 11.3 Å². The predicted octanol–water partition coefficient (Wildman–Crippen LogP) is 2.75. The van der Waals surface area contributed by atoms with E-state index in [4.69, 9.17) is 0 Å². The molecule has 0 aliphatic heterocycles. The molecular formula is C17H19N3O2S. The number of nitriles is 1. The fourth-order valence-corrected chi connectivity index (χ4v) is 4.14. The van der Waals surface area contributed by atoms with Crippen LogP contribution in [-0.2, 0) is 11.3 Å². The lowest BCUT2D eigenvalue weighted by Gasteiger charge is -2.39. The Morgan fingerprint density at radius 2 is 2.13 bits per heavy atom. The van der Waals surface area contributed by atoms with Gasteiger partial charge < -0.3 is 9.47 Å². The first-order chi connectivity index (χ1) is 11.1. The molecule has 0 aromatic carbocycles. The Kier molecular flexibility index (Phi) is 4.22. The summed E-state index contributed by atoms with van der Waals surface area (Å²) in [6, 6.07) is 5.72. The summed E-state index contributed by atoms with van der Waals surface area (Å²) in [4.78, 5) is 26.1. The lowest BCUT2D eigenvalue weighted by molar-refractivity contribution is -0.135. The zero-order valence-corrected chi connectivity index (χ0v) is 13.9. The Hall–Kier alpha value is -2.13. The molecule has 1 aliphatic rings. The standard InChI is InChI=1S/C17H19N3O2S/c1-19(17(12-18)7-3-2-4-8-17)15(22)11-20-9-5-14(21)16-13(20)6-10-23-16/h5-6,9-10H,2-4,7-8,11H2,1H3. The van der Waals surface area contributed by atoms with Gasteiger partial charge in [0.1, 0.15) is 12.1 Å². The Balaban J connectivity index is 1.86. The summed E-state index contributed by atoms with van der Waals surface area (Å²) >= 11 is 1.38. The molecule has 1 aliphatic carbocycles. The van der Waals surface area contributed by atoms with Crippen LogP contribution < -0.4 is 5.43 Å². The second kappa shape index (κ2) is 6.17. The van der Waals surface area contributed by atoms with Crippen LogP contribution in [-0.4, -0.2) is 28.0 Å². The quantitative estimate of drug-likeness (QED) is 0.869. The van der Waals surface area contributed by atoms with Crippen molar-refractivity contribution in [1.29, 1.82) is 5.26 Å². The minimum atomic E-state index is -0.678. The molecule has 0 spiro atoms. The molecule has 0 N–H and O–H groups in total. The second-order valence-corrected chi connectivity index (χ2v) is 7.02. The molecule has 2 aromatic heterocycles. The summed E-state index contributed by atoms with van der Waals surface area (Å²) in [5.74, 6) is -0.0930. The molecule has 120 valence electrons. The molecule has 0 bridgehead atoms. The number of nitrogens with zero attached hydrogens (tertiary/aromatic N) is 3. The largest absolute Gasteiger partial charge is 0.337 e. The van der Waals surface area contributed by atoms with Gasteiger partial charge in [-0.1, -0.05) is 19.3 Å². The van der Waals surface area contributed by atoms with Gasteiger partial charge in [0.2, 0.25) is 5.91 Å². The van der Waals surface area contributed by atoms with Crippen LogP contribution in [0.4, 0.5) is 0 Å². The molecule has 1 fully saturated rings. The molecule has 23 heavy (non-hydrogen) atoms. The van der Waals surface area contributed by atoms with E-state index in [1.54, 1.807) is 22.7 Å². The number of carbonyl (C=O) groups excluding carboxylic acids is 1. The van der Waals surface area contributed by atoms with Gasteiger partial charge in [0, 0.05) is 19.3 Å². The first kappa shape index (κ1) is 15.8. The van der Waals surface area contributed by atoms with Crippen LogP contribution >= 0.6 is 11.3 Å². The molecule has 0 saturated heterocycles. The van der Waals surface area contributed by atoms with Crippen molar-refractivity contribution in [3.8, 4) is 6.07 Å². The molecule has 2 heterocycles. The van der Waals surface area contributed by atoms with E-state index in [-0.39, 0.29) is 17.9 Å². The number of likely N-dealkylation sites (N-methyl/N-ethyl adjacent to an activating group) is 1. The Morgan fingerprint density at radius 1 is 1.39 bits per heavy atom. The van der Waals surface area contributed by atoms with Gasteiger partial charge >= 0.3 is 0 Å². The van der Waals surface area contributed by atoms with E-state index >= 15 is 0 Å². The smallest absolute Gasteiger partial charge is 0.243 e. The number of hydrogen-bond acceptors (Lipinski definition) is 4. The molecular weight excluding hydrogens is 310 g/mol. The van der Waals surface area contributed by atoms with Crippen LogP contribution in [0.3, 0.4) is 0 Å². The highest BCUT2D eigenvalue weighted by Gasteiger charge is 2.38. The normalized spacial score (nSPS) is 16.9. The zero-order valence-electron chi connectivity index (χ0n) is 13.1. The topological polar surface area (TPSA) is 66.1 Å². The fourth-order valence-electron chi connectivity index (χ4n) is 3.31. The highest BCUT2D eigenvalue weighted by Crippen LogP contribution is 2.32. The molecule has 0 atom stereocenters. The molecule has 1 saturated carbocycles. The van der Waals surface area contributed by atoms with Crippen molar-refractivity contribution in [2.45, 2.75) is 44.2 Å². The zero-order chi connectivity index (χ0) is 16.4. The Labute approximate surface area is 138 Å². The van der Waals surface area contributed by atoms with Gasteiger partial charge in [0.05, 0.1) is 16.3 Å². The lowest BCUT2D eigenvalue weighted by Crippen LogP contribution is -2.50. The third kappa shape index (κ3) is 2.77. The number of aromatic nitrogens is 1. The maximum atomic E-state index is 12.7. The number of fused-ring (bicyclic) bond motifs is 1. The molecule has 5 nitrogen and oxygen atoms in total. The number of rotatable bonds is 3. The van der Waals surface area contributed by atoms with E-state index in [0.717, 1.165) is 37.6 Å². The summed E-state index contributed by atoms with van der Waals surface area (Å²) < 4.78 is 2.45. The highest BCUT2D eigenvalue weighted by molar-refractivity contribution is 7.17. The van der Waals surface area contributed by atoms with Crippen molar-refractivity contribution >= 4 is 27.5 Å². The van der Waals surface area contributed by atoms with Crippen LogP contribution in [0.15, 0.2) is 28.5 Å². The summed E-state index contributed by atoms with van der Waals surface area (Å²) in [6.45, 7) is 0.146. The van der Waals surface area contributed by atoms with E-state index in [9.17, 15) is 14.9 Å². The fraction of sp³-hybridized carbons (Fsp3) is 0.471. The van der Waals surface area contributed by atoms with Crippen molar-refractivity contribution in [3.05, 3.63) is 33.9 Å². The third-order valence-corrected chi connectivity index (χ3v) is 5.71. The van der Waals surface area contributed by atoms with Crippen LogP contribution in [0.5, 0.6) is 0 Å². The van der Waals surface area contributed by atoms with Gasteiger partial charge in [-0.25, -0.2) is 0 Å². The van der Waals surface area contributed by atoms with E-state index in [2.05, 4.69) is 6.07 Å². The minimum absolute atomic E-state index is 0.0205. The molecule has 6 heteroatoms. The van der Waals surface area contributed by atoms with Crippen molar-refractivity contribution in [1.82, 2.24) is 9.47 Å². The number of carbonyl (C=O) groups is 1. The highest BCUT2D eigenvalue weighted by atomic mass is 32.1. The predicted molar refractivity (Wildman–Crippen MR) is 90.3 cm³/mol. The molecule has 2 aromatic rings. The van der Waals surface area contributed by atoms with E-state index < -0.39 is 5.54 Å². The lowest BCUT2D eigenvalue weighted by atomic mass is 9.81. The summed E-state index contributed by atoms with van der Waals surface area (Å²) in [5.41, 5.74) is 0.0778. The van der Waals surface area contributed by atoms with E-state index in [0.29, 0.717) is 4.70 Å². The van der Waals surface area contributed by atoms with Gasteiger partial charge in [-0.2, -0.15) is 5.26 Å². The maximum absolute atomic E-state index is 12.7. The first-order valence-corrected chi connectivity index (χ1v) is 8.70. The molecule has 1 amide bonds. The van der Waals surface area contributed by atoms with Gasteiger partial charge in [0.15, 0.2) is 5.43 Å². The molecule has 0 unspecified atom stereocenters. The summed E-state index contributed by atoms with van der Waals surface area (Å²) in [6.07, 6.45) is 6.23. The number of pyridine rings is 1. The minimum Gasteiger partial charge on any atom is -0.337 e. The summed E-state index contributed by atoms with van der Waals surface area (Å²) in [7, 11) is 1.73. The monoisotopic (exact) mass is 329 g/mol. The van der Waals surface area contributed by atoms with Crippen molar-refractivity contribution in [2.24, 2.45) is 0 Å². The van der Waals surface area contributed by atoms with Gasteiger partial charge in [-0.15, -0.1) is 11.3 Å². The van der Waals surface area contributed by atoms with Crippen molar-refractivity contribution in [2.75, 3.05) is 7.05 Å². The van der Waals surface area contributed by atoms with Crippen LogP contribution in [0.2, 0.25) is 0 Å². The van der Waals surface area contributed by atoms with Crippen LogP contribution in [0.1, 0.15) is 32.1 Å². The summed E-state index contributed by atoms with van der Waals surface area (Å²) in [5, 5.41) is 11.5. The van der Waals surface area contributed by atoms with Gasteiger partial charge in [0.25, 0.3) is 0 Å². The number of thiophene rings is 1. The van der Waals surface area contributed by atoms with Crippen molar-refractivity contribution < 1.29 is 4.79 Å². The molecule has 3 rings (SSSR count). The number of amides is 1. The second-order valence-electron chi connectivity index (χ2n) is 6.10. The third-order valence-electron chi connectivity index (χ3n) is 4.79. The maximum Gasteiger partial charge on any atom is 0.243 e. The SMILES string of the molecule is CN(C(=O)Cn1ccc(=O)c2sccc21)C1(C#N)CCCCC1. The van der Waals surface area contributed by atoms with E-state index in [1.807, 2.05) is 11.4 Å². The van der Waals surface area contributed by atoms with Gasteiger partial charge in [-0.05, 0) is 24.3 Å². The Bertz CT molecular complexity index is 824. The number of hydrogen-bond donors (Lipinski definition) is 0. The van der Waals surface area contributed by atoms with Crippen LogP contribution in [0.25, 0.3) is 10.2 Å². The molecule has 0 radical (unpaired) electrons. The van der Waals surface area contributed by atoms with E-state index in [1.165, 1.54) is 17.4 Å². The first-order valence-electron chi connectivity index (χ1n) is 7.82. The Morgan fingerprint density at radius 3 is 2.83 bits per heavy atom. The average Bonchev–Trinajstić information content (AvgIpc) is 3.08.